The van der Waals surface area contributed by atoms with Crippen LogP contribution in [0.4, 0.5) is 8.78 Å². The van der Waals surface area contributed by atoms with Crippen LogP contribution in [0.15, 0.2) is 42.6 Å². The van der Waals surface area contributed by atoms with Crippen LogP contribution in [0.5, 0.6) is 0 Å². The van der Waals surface area contributed by atoms with Gasteiger partial charge in [0.15, 0.2) is 0 Å². The zero-order chi connectivity index (χ0) is 20.9. The van der Waals surface area contributed by atoms with Crippen LogP contribution in [-0.4, -0.2) is 59.1 Å². The first-order valence-corrected chi connectivity index (χ1v) is 9.82. The summed E-state index contributed by atoms with van der Waals surface area (Å²) < 4.78 is 27.3. The van der Waals surface area contributed by atoms with E-state index in [2.05, 4.69) is 4.98 Å². The van der Waals surface area contributed by atoms with Crippen molar-refractivity contribution in [2.24, 2.45) is 5.41 Å². The molecule has 7 heteroatoms. The number of amides is 1. The summed E-state index contributed by atoms with van der Waals surface area (Å²) in [5, 5.41) is 10.1. The van der Waals surface area contributed by atoms with E-state index in [1.165, 1.54) is 12.1 Å². The monoisotopic (exact) mass is 403 g/mol. The number of carbonyl (C=O) groups is 1. The molecule has 3 rings (SSSR count). The Bertz CT molecular complexity index is 834. The molecule has 0 spiro atoms. The van der Waals surface area contributed by atoms with E-state index in [4.69, 9.17) is 0 Å². The number of pyridine rings is 1. The number of hydrogen-bond acceptors (Lipinski definition) is 4. The van der Waals surface area contributed by atoms with Gasteiger partial charge in [0.2, 0.25) is 5.91 Å². The van der Waals surface area contributed by atoms with Gasteiger partial charge in [-0.2, -0.15) is 0 Å². The molecule has 2 aromatic rings. The van der Waals surface area contributed by atoms with E-state index in [0.29, 0.717) is 31.6 Å². The highest BCUT2D eigenvalue weighted by Crippen LogP contribution is 2.34. The first-order chi connectivity index (χ1) is 13.9. The molecule has 0 saturated carbocycles. The van der Waals surface area contributed by atoms with Crippen LogP contribution in [0.3, 0.4) is 0 Å². The molecule has 1 aromatic heterocycles. The summed E-state index contributed by atoms with van der Waals surface area (Å²) >= 11 is 0. The second kappa shape index (κ2) is 9.41. The molecule has 1 N–H and O–H groups in total. The van der Waals surface area contributed by atoms with Crippen molar-refractivity contribution in [1.29, 1.82) is 0 Å². The number of likely N-dealkylation sites (N-methyl/N-ethyl adjacent to an activating group) is 1. The minimum absolute atomic E-state index is 0.0273. The second-order valence-electron chi connectivity index (χ2n) is 7.98. The molecule has 1 amide bonds. The summed E-state index contributed by atoms with van der Waals surface area (Å²) in [6, 6.07) is 9.17. The van der Waals surface area contributed by atoms with E-state index in [9.17, 15) is 18.7 Å². The number of aliphatic hydroxyl groups excluding tert-OH is 1. The first kappa shape index (κ1) is 21.3. The highest BCUT2D eigenvalue weighted by atomic mass is 19.1. The molecule has 0 aliphatic carbocycles. The van der Waals surface area contributed by atoms with Gasteiger partial charge in [0, 0.05) is 37.3 Å². The van der Waals surface area contributed by atoms with Gasteiger partial charge in [0.1, 0.15) is 11.6 Å². The van der Waals surface area contributed by atoms with Crippen molar-refractivity contribution < 1.29 is 18.7 Å². The molecule has 156 valence electrons. The molecule has 5 nitrogen and oxygen atoms in total. The molecule has 1 aliphatic rings. The Kier molecular flexibility index (Phi) is 6.92. The van der Waals surface area contributed by atoms with Crippen LogP contribution < -0.4 is 0 Å². The summed E-state index contributed by atoms with van der Waals surface area (Å²) in [6.07, 6.45) is 3.41. The van der Waals surface area contributed by atoms with E-state index < -0.39 is 17.0 Å². The van der Waals surface area contributed by atoms with Crippen LogP contribution >= 0.6 is 0 Å². The van der Waals surface area contributed by atoms with Crippen LogP contribution in [0, 0.1) is 17.0 Å². The van der Waals surface area contributed by atoms with Gasteiger partial charge in [-0.25, -0.2) is 8.78 Å². The minimum Gasteiger partial charge on any atom is -0.396 e. The topological polar surface area (TPSA) is 56.7 Å². The van der Waals surface area contributed by atoms with Crippen molar-refractivity contribution in [2.75, 3.05) is 33.3 Å². The maximum atomic E-state index is 14.1. The average Bonchev–Trinajstić information content (AvgIpc) is 2.71. The number of hydrogen-bond donors (Lipinski definition) is 1. The fourth-order valence-electron chi connectivity index (χ4n) is 3.97. The van der Waals surface area contributed by atoms with Crippen LogP contribution in [-0.2, 0) is 17.8 Å². The number of likely N-dealkylation sites (tertiary alicyclic amines) is 1. The fraction of sp³-hybridized carbons (Fsp3) is 0.455. The summed E-state index contributed by atoms with van der Waals surface area (Å²) in [4.78, 5) is 20.7. The van der Waals surface area contributed by atoms with Gasteiger partial charge < -0.3 is 10.0 Å². The minimum atomic E-state index is -0.624. The molecule has 1 aromatic carbocycles. The highest BCUT2D eigenvalue weighted by Gasteiger charge is 2.37. The summed E-state index contributed by atoms with van der Waals surface area (Å²) in [6.45, 7) is 1.62. The Labute approximate surface area is 170 Å². The molecule has 29 heavy (non-hydrogen) atoms. The zero-order valence-corrected chi connectivity index (χ0v) is 16.7. The number of rotatable bonds is 7. The third-order valence-electron chi connectivity index (χ3n) is 5.49. The van der Waals surface area contributed by atoms with Gasteiger partial charge in [-0.15, -0.1) is 0 Å². The van der Waals surface area contributed by atoms with Crippen molar-refractivity contribution in [3.05, 3.63) is 65.5 Å². The number of carbonyl (C=O) groups excluding carboxylic acids is 1. The highest BCUT2D eigenvalue weighted by molar-refractivity contribution is 5.78. The Morgan fingerprint density at radius 1 is 1.31 bits per heavy atom. The maximum absolute atomic E-state index is 14.1. The van der Waals surface area contributed by atoms with Crippen molar-refractivity contribution in [3.8, 4) is 0 Å². The lowest BCUT2D eigenvalue weighted by atomic mass is 9.75. The third-order valence-corrected chi connectivity index (χ3v) is 5.49. The third kappa shape index (κ3) is 5.58. The van der Waals surface area contributed by atoms with Crippen molar-refractivity contribution in [2.45, 2.75) is 25.8 Å². The van der Waals surface area contributed by atoms with E-state index in [1.54, 1.807) is 11.1 Å². The van der Waals surface area contributed by atoms with Gasteiger partial charge in [-0.1, -0.05) is 12.1 Å². The number of halogens is 2. The maximum Gasteiger partial charge on any atom is 0.236 e. The Hall–Kier alpha value is -2.38. The number of aromatic nitrogens is 1. The van der Waals surface area contributed by atoms with Gasteiger partial charge >= 0.3 is 0 Å². The molecule has 0 bridgehead atoms. The van der Waals surface area contributed by atoms with Gasteiger partial charge in [0.25, 0.3) is 0 Å². The van der Waals surface area contributed by atoms with Crippen LogP contribution in [0.25, 0.3) is 0 Å². The molecule has 2 heterocycles. The van der Waals surface area contributed by atoms with E-state index in [0.717, 1.165) is 18.2 Å². The first-order valence-electron chi connectivity index (χ1n) is 9.82. The molecule has 0 unspecified atom stereocenters. The van der Waals surface area contributed by atoms with E-state index in [1.807, 2.05) is 30.1 Å². The molecular formula is C22H27F2N3O2. The number of benzene rings is 1. The number of aliphatic hydroxyl groups is 1. The van der Waals surface area contributed by atoms with Crippen LogP contribution in [0.2, 0.25) is 0 Å². The number of nitrogens with zero attached hydrogens (tertiary/aromatic N) is 3. The SMILES string of the molecule is CN(CC(=O)N1CCC[C@](CO)(Cc2ccc(F)cc2F)C1)Cc1ccccn1. The summed E-state index contributed by atoms with van der Waals surface area (Å²) in [5.41, 5.74) is 0.631. The summed E-state index contributed by atoms with van der Waals surface area (Å²) in [7, 11) is 1.86. The van der Waals surface area contributed by atoms with Crippen molar-refractivity contribution in [3.63, 3.8) is 0 Å². The van der Waals surface area contributed by atoms with Crippen molar-refractivity contribution >= 4 is 5.91 Å². The van der Waals surface area contributed by atoms with Crippen molar-refractivity contribution in [1.82, 2.24) is 14.8 Å². The van der Waals surface area contributed by atoms with Gasteiger partial charge in [0.05, 0.1) is 18.8 Å². The second-order valence-corrected chi connectivity index (χ2v) is 7.98. The Morgan fingerprint density at radius 3 is 2.83 bits per heavy atom. The van der Waals surface area contributed by atoms with E-state index in [-0.39, 0.29) is 25.5 Å². The van der Waals surface area contributed by atoms with Gasteiger partial charge in [-0.05, 0) is 50.1 Å². The normalized spacial score (nSPS) is 19.6. The molecular weight excluding hydrogens is 376 g/mol. The lowest BCUT2D eigenvalue weighted by Gasteiger charge is -2.42. The molecule has 1 atom stereocenters. The smallest absolute Gasteiger partial charge is 0.236 e. The standard InChI is InChI=1S/C22H27F2N3O2/c1-26(13-19-5-2-3-9-25-19)14-21(29)27-10-4-8-22(15-27,16-28)12-17-6-7-18(23)11-20(17)24/h2-3,5-7,9,11,28H,4,8,10,12-16H2,1H3/t22-/m0/s1. The van der Waals surface area contributed by atoms with Crippen LogP contribution in [0.1, 0.15) is 24.1 Å². The predicted octanol–water partition coefficient (Wildman–Crippen LogP) is 2.64. The molecule has 1 saturated heterocycles. The quantitative estimate of drug-likeness (QED) is 0.772. The lowest BCUT2D eigenvalue weighted by Crippen LogP contribution is -2.51. The van der Waals surface area contributed by atoms with E-state index >= 15 is 0 Å². The Balaban J connectivity index is 1.63. The molecule has 0 radical (unpaired) electrons. The zero-order valence-electron chi connectivity index (χ0n) is 16.7. The summed E-state index contributed by atoms with van der Waals surface area (Å²) in [5.74, 6) is -1.27. The van der Waals surface area contributed by atoms with Gasteiger partial charge in [-0.3, -0.25) is 14.7 Å². The Morgan fingerprint density at radius 2 is 2.14 bits per heavy atom. The average molecular weight is 403 g/mol. The fourth-order valence-corrected chi connectivity index (χ4v) is 3.97. The predicted molar refractivity (Wildman–Crippen MR) is 106 cm³/mol. The molecule has 1 fully saturated rings. The molecule has 1 aliphatic heterocycles. The lowest BCUT2D eigenvalue weighted by molar-refractivity contribution is -0.136. The largest absolute Gasteiger partial charge is 0.396 e. The number of piperidine rings is 1.